The van der Waals surface area contributed by atoms with Crippen molar-refractivity contribution >= 4 is 22.8 Å². The van der Waals surface area contributed by atoms with Gasteiger partial charge in [-0.1, -0.05) is 0 Å². The van der Waals surface area contributed by atoms with Gasteiger partial charge in [-0.15, -0.1) is 0 Å². The zero-order valence-electron chi connectivity index (χ0n) is 14.0. The highest BCUT2D eigenvalue weighted by molar-refractivity contribution is 5.99. The van der Waals surface area contributed by atoms with Gasteiger partial charge in [-0.2, -0.15) is 0 Å². The molecule has 0 N–H and O–H groups in total. The topological polar surface area (TPSA) is 66.4 Å². The number of amides is 2. The van der Waals surface area contributed by atoms with Crippen molar-refractivity contribution in [1.29, 1.82) is 0 Å². The van der Waals surface area contributed by atoms with E-state index in [0.717, 1.165) is 29.7 Å². The maximum atomic E-state index is 12.7. The first-order valence-corrected chi connectivity index (χ1v) is 8.36. The first-order valence-electron chi connectivity index (χ1n) is 8.36. The van der Waals surface area contributed by atoms with Gasteiger partial charge in [0.1, 0.15) is 6.54 Å². The van der Waals surface area contributed by atoms with Crippen LogP contribution in [0.5, 0.6) is 0 Å². The van der Waals surface area contributed by atoms with Gasteiger partial charge in [-0.3, -0.25) is 9.59 Å². The van der Waals surface area contributed by atoms with Gasteiger partial charge in [0, 0.05) is 24.7 Å². The van der Waals surface area contributed by atoms with Crippen molar-refractivity contribution in [2.45, 2.75) is 32.7 Å². The van der Waals surface area contributed by atoms with E-state index in [-0.39, 0.29) is 18.4 Å². The van der Waals surface area contributed by atoms with Gasteiger partial charge in [0.2, 0.25) is 5.91 Å². The predicted molar refractivity (Wildman–Crippen MR) is 89.7 cm³/mol. The van der Waals surface area contributed by atoms with Crippen LogP contribution in [0.1, 0.15) is 34.6 Å². The number of carbonyl (C=O) groups excluding carboxylic acids is 2. The van der Waals surface area contributed by atoms with E-state index in [2.05, 4.69) is 9.97 Å². The second-order valence-corrected chi connectivity index (χ2v) is 6.64. The van der Waals surface area contributed by atoms with Crippen molar-refractivity contribution < 1.29 is 9.59 Å². The van der Waals surface area contributed by atoms with Gasteiger partial charge in [-0.25, -0.2) is 9.97 Å². The smallest absolute Gasteiger partial charge is 0.254 e. The Kier molecular flexibility index (Phi) is 3.48. The van der Waals surface area contributed by atoms with Crippen LogP contribution in [0.2, 0.25) is 0 Å². The fraction of sp³-hybridized carbons (Fsp3) is 0.444. The van der Waals surface area contributed by atoms with Crippen molar-refractivity contribution in [3.63, 3.8) is 0 Å². The second-order valence-electron chi connectivity index (χ2n) is 6.64. The number of carbonyl (C=O) groups is 2. The average Bonchev–Trinajstić information content (AvgIpc) is 3.39. The largest absolute Gasteiger partial charge is 0.336 e. The molecule has 0 spiro atoms. The molecule has 2 aromatic rings. The summed E-state index contributed by atoms with van der Waals surface area (Å²) in [5, 5.41) is 0. The Morgan fingerprint density at radius 2 is 1.79 bits per heavy atom. The van der Waals surface area contributed by atoms with E-state index < -0.39 is 0 Å². The number of hydrogen-bond acceptors (Lipinski definition) is 4. The average molecular weight is 324 g/mol. The van der Waals surface area contributed by atoms with Crippen molar-refractivity contribution in [3.8, 4) is 0 Å². The molecule has 2 aliphatic rings. The molecule has 0 radical (unpaired) electrons. The van der Waals surface area contributed by atoms with Gasteiger partial charge in [-0.05, 0) is 44.9 Å². The SMILES string of the molecule is Cc1nc2ccc(C(=O)N3CCN(C4CC4)C(=O)C3)cc2nc1C. The first-order chi connectivity index (χ1) is 11.5. The standard InChI is InChI=1S/C18H20N4O2/c1-11-12(2)20-16-9-13(3-6-15(16)19-11)18(24)21-7-8-22(14-4-5-14)17(23)10-21/h3,6,9,14H,4-5,7-8,10H2,1-2H3. The lowest BCUT2D eigenvalue weighted by atomic mass is 10.1. The fourth-order valence-corrected chi connectivity index (χ4v) is 3.18. The minimum atomic E-state index is -0.110. The van der Waals surface area contributed by atoms with E-state index >= 15 is 0 Å². The Balaban J connectivity index is 1.57. The number of nitrogens with zero attached hydrogens (tertiary/aromatic N) is 4. The first kappa shape index (κ1) is 15.1. The molecule has 6 nitrogen and oxygen atoms in total. The molecule has 24 heavy (non-hydrogen) atoms. The quantitative estimate of drug-likeness (QED) is 0.843. The Bertz CT molecular complexity index is 844. The summed E-state index contributed by atoms with van der Waals surface area (Å²) in [7, 11) is 0. The van der Waals surface area contributed by atoms with E-state index in [4.69, 9.17) is 0 Å². The Morgan fingerprint density at radius 3 is 2.46 bits per heavy atom. The van der Waals surface area contributed by atoms with Crippen molar-refractivity contribution in [2.75, 3.05) is 19.6 Å². The summed E-state index contributed by atoms with van der Waals surface area (Å²) in [6, 6.07) is 5.78. The number of aromatic nitrogens is 2. The van der Waals surface area contributed by atoms with Crippen molar-refractivity contribution in [3.05, 3.63) is 35.2 Å². The van der Waals surface area contributed by atoms with Gasteiger partial charge in [0.05, 0.1) is 22.4 Å². The lowest BCUT2D eigenvalue weighted by Gasteiger charge is -2.34. The number of fused-ring (bicyclic) bond motifs is 1. The van der Waals surface area contributed by atoms with Crippen LogP contribution in [0.15, 0.2) is 18.2 Å². The van der Waals surface area contributed by atoms with Crippen LogP contribution in [-0.4, -0.2) is 57.3 Å². The summed E-state index contributed by atoms with van der Waals surface area (Å²) >= 11 is 0. The van der Waals surface area contributed by atoms with Crippen LogP contribution >= 0.6 is 0 Å². The number of benzene rings is 1. The molecule has 1 aromatic heterocycles. The zero-order valence-corrected chi connectivity index (χ0v) is 14.0. The highest BCUT2D eigenvalue weighted by atomic mass is 16.2. The van der Waals surface area contributed by atoms with Crippen LogP contribution in [-0.2, 0) is 4.79 Å². The maximum Gasteiger partial charge on any atom is 0.254 e. The lowest BCUT2D eigenvalue weighted by molar-refractivity contribution is -0.135. The molecule has 1 saturated carbocycles. The zero-order chi connectivity index (χ0) is 16.8. The van der Waals surface area contributed by atoms with Gasteiger partial charge < -0.3 is 9.80 Å². The summed E-state index contributed by atoms with van der Waals surface area (Å²) < 4.78 is 0. The predicted octanol–water partition coefficient (Wildman–Crippen LogP) is 1.69. The van der Waals surface area contributed by atoms with Crippen LogP contribution in [0.4, 0.5) is 0 Å². The van der Waals surface area contributed by atoms with Crippen LogP contribution < -0.4 is 0 Å². The number of rotatable bonds is 2. The summed E-state index contributed by atoms with van der Waals surface area (Å²) in [6.45, 7) is 5.24. The van der Waals surface area contributed by atoms with Crippen LogP contribution in [0.3, 0.4) is 0 Å². The molecule has 0 bridgehead atoms. The number of aryl methyl sites for hydroxylation is 2. The molecule has 1 aliphatic carbocycles. The molecule has 2 fully saturated rings. The van der Waals surface area contributed by atoms with Crippen LogP contribution in [0, 0.1) is 13.8 Å². The Labute approximate surface area is 140 Å². The molecule has 1 aliphatic heterocycles. The van der Waals surface area contributed by atoms with Crippen molar-refractivity contribution in [2.24, 2.45) is 0 Å². The number of piperazine rings is 1. The lowest BCUT2D eigenvalue weighted by Crippen LogP contribution is -2.52. The van der Waals surface area contributed by atoms with Gasteiger partial charge in [0.25, 0.3) is 5.91 Å². The minimum Gasteiger partial charge on any atom is -0.336 e. The van der Waals surface area contributed by atoms with E-state index in [9.17, 15) is 9.59 Å². The van der Waals surface area contributed by atoms with E-state index in [1.165, 1.54) is 0 Å². The molecule has 0 unspecified atom stereocenters. The van der Waals surface area contributed by atoms with Crippen molar-refractivity contribution in [1.82, 2.24) is 19.8 Å². The highest BCUT2D eigenvalue weighted by Crippen LogP contribution is 2.28. The maximum absolute atomic E-state index is 12.7. The second kappa shape index (κ2) is 5.54. The van der Waals surface area contributed by atoms with E-state index in [1.807, 2.05) is 24.8 Å². The molecular formula is C18H20N4O2. The normalized spacial score (nSPS) is 18.3. The minimum absolute atomic E-state index is 0.0594. The number of hydrogen-bond donors (Lipinski definition) is 0. The van der Waals surface area contributed by atoms with E-state index in [0.29, 0.717) is 30.2 Å². The van der Waals surface area contributed by atoms with Gasteiger partial charge in [0.15, 0.2) is 0 Å². The third-order valence-corrected chi connectivity index (χ3v) is 4.85. The summed E-state index contributed by atoms with van der Waals surface area (Å²) in [5.41, 5.74) is 3.81. The molecule has 1 aromatic carbocycles. The summed E-state index contributed by atoms with van der Waals surface area (Å²) in [4.78, 5) is 37.5. The molecule has 2 heterocycles. The van der Waals surface area contributed by atoms with E-state index in [1.54, 1.807) is 17.0 Å². The molecule has 1 saturated heterocycles. The highest BCUT2D eigenvalue weighted by Gasteiger charge is 2.36. The molecule has 124 valence electrons. The monoisotopic (exact) mass is 324 g/mol. The molecule has 6 heteroatoms. The molecule has 2 amide bonds. The summed E-state index contributed by atoms with van der Waals surface area (Å²) in [6.07, 6.45) is 2.20. The Hall–Kier alpha value is -2.50. The third kappa shape index (κ3) is 2.62. The fourth-order valence-electron chi connectivity index (χ4n) is 3.18. The Morgan fingerprint density at radius 1 is 1.08 bits per heavy atom. The van der Waals surface area contributed by atoms with Crippen LogP contribution in [0.25, 0.3) is 11.0 Å². The van der Waals surface area contributed by atoms with Gasteiger partial charge >= 0.3 is 0 Å². The summed E-state index contributed by atoms with van der Waals surface area (Å²) in [5.74, 6) is -0.0510. The molecular weight excluding hydrogens is 304 g/mol. The third-order valence-electron chi connectivity index (χ3n) is 4.85. The molecule has 0 atom stereocenters. The molecule has 4 rings (SSSR count).